The van der Waals surface area contributed by atoms with Crippen LogP contribution in [0.15, 0.2) is 23.3 Å². The summed E-state index contributed by atoms with van der Waals surface area (Å²) in [6.45, 7) is 10.3. The number of aromatic nitrogens is 2. The predicted molar refractivity (Wildman–Crippen MR) is 110 cm³/mol. The van der Waals surface area contributed by atoms with Crippen molar-refractivity contribution in [3.8, 4) is 5.75 Å². The lowest BCUT2D eigenvalue weighted by molar-refractivity contribution is -0.386. The van der Waals surface area contributed by atoms with Gasteiger partial charge >= 0.3 is 5.69 Å². The van der Waals surface area contributed by atoms with E-state index >= 15 is 0 Å². The van der Waals surface area contributed by atoms with Crippen LogP contribution in [0.2, 0.25) is 0 Å². The third kappa shape index (κ3) is 4.71. The highest BCUT2D eigenvalue weighted by atomic mass is 16.6. The largest absolute Gasteiger partial charge is 0.507 e. The van der Waals surface area contributed by atoms with Crippen molar-refractivity contribution in [3.05, 3.63) is 45.3 Å². The average Bonchev–Trinajstić information content (AvgIpc) is 2.97. The van der Waals surface area contributed by atoms with E-state index in [1.165, 1.54) is 17.8 Å². The molecule has 156 valence electrons. The minimum atomic E-state index is -0.793. The normalized spacial score (nSPS) is 12.2. The number of amides is 1. The van der Waals surface area contributed by atoms with Gasteiger partial charge in [-0.1, -0.05) is 0 Å². The Morgan fingerprint density at radius 2 is 2.07 bits per heavy atom. The molecule has 0 radical (unpaired) electrons. The first-order valence-corrected chi connectivity index (χ1v) is 9.32. The second-order valence-electron chi connectivity index (χ2n) is 6.55. The molecule has 1 atom stereocenters. The summed E-state index contributed by atoms with van der Waals surface area (Å²) in [5, 5.41) is 29.3. The summed E-state index contributed by atoms with van der Waals surface area (Å²) in [5.74, 6) is -0.435. The quantitative estimate of drug-likeness (QED) is 0.397. The summed E-state index contributed by atoms with van der Waals surface area (Å²) >= 11 is 0. The van der Waals surface area contributed by atoms with Gasteiger partial charge in [0.2, 0.25) is 0 Å². The molecule has 0 aliphatic heterocycles. The number of nitro groups is 1. The van der Waals surface area contributed by atoms with E-state index in [-0.39, 0.29) is 17.1 Å². The third-order valence-electron chi connectivity index (χ3n) is 4.74. The number of aryl methyl sites for hydroxylation is 1. The molecule has 2 rings (SSSR count). The number of hydrazone groups is 1. The van der Waals surface area contributed by atoms with Crippen molar-refractivity contribution in [3.63, 3.8) is 0 Å². The Labute approximate surface area is 169 Å². The molecule has 1 unspecified atom stereocenters. The van der Waals surface area contributed by atoms with Crippen LogP contribution < -0.4 is 10.3 Å². The fraction of sp³-hybridized carbons (Fsp3) is 0.421. The van der Waals surface area contributed by atoms with E-state index < -0.39 is 16.9 Å². The van der Waals surface area contributed by atoms with Crippen molar-refractivity contribution in [1.82, 2.24) is 15.2 Å². The molecule has 1 heterocycles. The fourth-order valence-corrected chi connectivity index (χ4v) is 3.09. The number of carbonyl (C=O) groups is 1. The number of nitrogens with zero attached hydrogens (tertiary/aromatic N) is 5. The first-order valence-electron chi connectivity index (χ1n) is 9.32. The molecule has 1 aromatic heterocycles. The van der Waals surface area contributed by atoms with Gasteiger partial charge in [-0.05, 0) is 46.8 Å². The highest BCUT2D eigenvalue weighted by Gasteiger charge is 2.26. The Balaban J connectivity index is 2.10. The van der Waals surface area contributed by atoms with Crippen LogP contribution in [0.4, 0.5) is 11.4 Å². The number of phenolic OH excluding ortho intramolecular Hbond substituents is 1. The minimum Gasteiger partial charge on any atom is -0.507 e. The van der Waals surface area contributed by atoms with Crippen LogP contribution in [-0.4, -0.2) is 45.0 Å². The molecule has 0 aliphatic carbocycles. The highest BCUT2D eigenvalue weighted by molar-refractivity contribution is 5.86. The van der Waals surface area contributed by atoms with E-state index in [0.29, 0.717) is 11.3 Å². The number of aromatic hydroxyl groups is 1. The standard InChI is InChI=1S/C19H26N6O4/c1-6-23(7-2)16-9-8-15(17(26)10-16)11-20-21-19(27)14(5)24-13(4)18(25(28)29)12(3)22-24/h8-11,14,26H,6-7H2,1-5H3,(H,21,27)/b20-11+. The molecule has 29 heavy (non-hydrogen) atoms. The van der Waals surface area contributed by atoms with Gasteiger partial charge in [-0.2, -0.15) is 10.2 Å². The van der Waals surface area contributed by atoms with Crippen LogP contribution in [0.1, 0.15) is 43.8 Å². The number of anilines is 1. The zero-order valence-electron chi connectivity index (χ0n) is 17.2. The molecule has 0 saturated carbocycles. The van der Waals surface area contributed by atoms with Gasteiger partial charge in [0, 0.05) is 30.4 Å². The van der Waals surface area contributed by atoms with Crippen LogP contribution >= 0.6 is 0 Å². The summed E-state index contributed by atoms with van der Waals surface area (Å²) in [7, 11) is 0. The number of phenols is 1. The van der Waals surface area contributed by atoms with Crippen molar-refractivity contribution >= 4 is 23.5 Å². The summed E-state index contributed by atoms with van der Waals surface area (Å²) in [4.78, 5) is 25.1. The molecule has 0 spiro atoms. The second kappa shape index (κ2) is 9.18. The Morgan fingerprint density at radius 1 is 1.41 bits per heavy atom. The van der Waals surface area contributed by atoms with Crippen LogP contribution in [0, 0.1) is 24.0 Å². The van der Waals surface area contributed by atoms with E-state index in [1.807, 2.05) is 19.9 Å². The monoisotopic (exact) mass is 402 g/mol. The summed E-state index contributed by atoms with van der Waals surface area (Å²) in [5.41, 5.74) is 4.17. The maximum absolute atomic E-state index is 12.4. The maximum atomic E-state index is 12.4. The molecule has 10 heteroatoms. The maximum Gasteiger partial charge on any atom is 0.312 e. The predicted octanol–water partition coefficient (Wildman–Crippen LogP) is 2.67. The zero-order valence-corrected chi connectivity index (χ0v) is 17.2. The van der Waals surface area contributed by atoms with Crippen molar-refractivity contribution in [2.45, 2.75) is 40.7 Å². The zero-order chi connectivity index (χ0) is 21.7. The second-order valence-corrected chi connectivity index (χ2v) is 6.55. The number of hydrogen-bond donors (Lipinski definition) is 2. The molecule has 10 nitrogen and oxygen atoms in total. The van der Waals surface area contributed by atoms with Gasteiger partial charge in [-0.15, -0.1) is 0 Å². The smallest absolute Gasteiger partial charge is 0.312 e. The fourth-order valence-electron chi connectivity index (χ4n) is 3.09. The van der Waals surface area contributed by atoms with Gasteiger partial charge in [0.1, 0.15) is 23.2 Å². The number of rotatable bonds is 8. The molecule has 2 aromatic rings. The van der Waals surface area contributed by atoms with Crippen molar-refractivity contribution in [2.75, 3.05) is 18.0 Å². The van der Waals surface area contributed by atoms with Crippen LogP contribution in [0.25, 0.3) is 0 Å². The van der Waals surface area contributed by atoms with E-state index in [0.717, 1.165) is 18.8 Å². The Hall–Kier alpha value is -3.43. The van der Waals surface area contributed by atoms with E-state index in [2.05, 4.69) is 20.5 Å². The highest BCUT2D eigenvalue weighted by Crippen LogP contribution is 2.25. The number of benzene rings is 1. The lowest BCUT2D eigenvalue weighted by atomic mass is 10.2. The lowest BCUT2D eigenvalue weighted by Gasteiger charge is -2.21. The van der Waals surface area contributed by atoms with E-state index in [4.69, 9.17) is 0 Å². The molecule has 0 bridgehead atoms. The van der Waals surface area contributed by atoms with Crippen LogP contribution in [-0.2, 0) is 4.79 Å². The summed E-state index contributed by atoms with van der Waals surface area (Å²) < 4.78 is 1.30. The molecular formula is C19H26N6O4. The summed E-state index contributed by atoms with van der Waals surface area (Å²) in [6, 6.07) is 4.44. The Kier molecular flexibility index (Phi) is 6.92. The SMILES string of the molecule is CCN(CC)c1ccc(/C=N/NC(=O)C(C)n2nc(C)c([N+](=O)[O-])c2C)c(O)c1. The average molecular weight is 402 g/mol. The van der Waals surface area contributed by atoms with Crippen LogP contribution in [0.5, 0.6) is 5.75 Å². The van der Waals surface area contributed by atoms with Crippen molar-refractivity contribution in [2.24, 2.45) is 5.10 Å². The molecule has 1 aromatic carbocycles. The first kappa shape index (κ1) is 21.9. The van der Waals surface area contributed by atoms with Gasteiger partial charge in [0.05, 0.1) is 11.1 Å². The molecule has 0 saturated heterocycles. The Bertz CT molecular complexity index is 933. The molecule has 0 aliphatic rings. The topological polar surface area (TPSA) is 126 Å². The first-order chi connectivity index (χ1) is 13.7. The number of nitrogens with one attached hydrogen (secondary N) is 1. The minimum absolute atomic E-state index is 0.0506. The van der Waals surface area contributed by atoms with Gasteiger partial charge in [-0.3, -0.25) is 19.6 Å². The molecule has 0 fully saturated rings. The molecule has 1 amide bonds. The van der Waals surface area contributed by atoms with Gasteiger partial charge < -0.3 is 10.0 Å². The van der Waals surface area contributed by atoms with Gasteiger partial charge in [0.25, 0.3) is 5.91 Å². The lowest BCUT2D eigenvalue weighted by Crippen LogP contribution is -2.28. The number of carbonyl (C=O) groups excluding carboxylic acids is 1. The molecular weight excluding hydrogens is 376 g/mol. The third-order valence-corrected chi connectivity index (χ3v) is 4.74. The Morgan fingerprint density at radius 3 is 2.59 bits per heavy atom. The van der Waals surface area contributed by atoms with E-state index in [1.54, 1.807) is 26.0 Å². The van der Waals surface area contributed by atoms with Gasteiger partial charge in [-0.25, -0.2) is 5.43 Å². The summed E-state index contributed by atoms with van der Waals surface area (Å²) in [6.07, 6.45) is 1.34. The van der Waals surface area contributed by atoms with Gasteiger partial charge in [0.15, 0.2) is 0 Å². The molecule has 2 N–H and O–H groups in total. The van der Waals surface area contributed by atoms with E-state index in [9.17, 15) is 20.0 Å². The number of hydrogen-bond acceptors (Lipinski definition) is 7. The van der Waals surface area contributed by atoms with Crippen molar-refractivity contribution < 1.29 is 14.8 Å². The van der Waals surface area contributed by atoms with Crippen molar-refractivity contribution in [1.29, 1.82) is 0 Å². The van der Waals surface area contributed by atoms with Crippen LogP contribution in [0.3, 0.4) is 0 Å².